The minimum absolute atomic E-state index is 0.338. The van der Waals surface area contributed by atoms with Crippen LogP contribution in [0, 0.1) is 6.92 Å². The summed E-state index contributed by atoms with van der Waals surface area (Å²) in [6, 6.07) is 3.31. The molecule has 0 saturated heterocycles. The van der Waals surface area contributed by atoms with Gasteiger partial charge in [-0.15, -0.1) is 0 Å². The van der Waals surface area contributed by atoms with Gasteiger partial charge in [0.15, 0.2) is 5.16 Å². The van der Waals surface area contributed by atoms with Crippen molar-refractivity contribution in [2.45, 2.75) is 17.1 Å². The lowest BCUT2D eigenvalue weighted by atomic mass is 10.5. The standard InChI is InChI=1S/C10H13N7S/c1-5-14-8(13-2)4-9(15-5)18-10-16-6(11)3-7(12)17-10/h3-4H,1-2H3,(H,13,14,15)(H4,11,12,16,17). The van der Waals surface area contributed by atoms with Crippen molar-refractivity contribution in [2.24, 2.45) is 0 Å². The van der Waals surface area contributed by atoms with Crippen molar-refractivity contribution in [1.29, 1.82) is 0 Å². The number of hydrogen-bond acceptors (Lipinski definition) is 8. The Hall–Kier alpha value is -2.09. The summed E-state index contributed by atoms with van der Waals surface area (Å²) in [6.07, 6.45) is 0. The van der Waals surface area contributed by atoms with Gasteiger partial charge in [0.05, 0.1) is 0 Å². The largest absolute Gasteiger partial charge is 0.383 e. The molecule has 0 radical (unpaired) electrons. The molecule has 8 heteroatoms. The molecule has 0 amide bonds. The van der Waals surface area contributed by atoms with Crippen molar-refractivity contribution >= 4 is 29.2 Å². The van der Waals surface area contributed by atoms with Crippen LogP contribution < -0.4 is 16.8 Å². The molecule has 7 nitrogen and oxygen atoms in total. The summed E-state index contributed by atoms with van der Waals surface area (Å²) >= 11 is 1.29. The lowest BCUT2D eigenvalue weighted by Gasteiger charge is -2.05. The first kappa shape index (κ1) is 12.4. The molecule has 2 aromatic rings. The highest BCUT2D eigenvalue weighted by molar-refractivity contribution is 7.99. The molecule has 0 spiro atoms. The van der Waals surface area contributed by atoms with E-state index >= 15 is 0 Å². The first-order valence-electron chi connectivity index (χ1n) is 5.18. The van der Waals surface area contributed by atoms with Gasteiger partial charge in [-0.3, -0.25) is 0 Å². The van der Waals surface area contributed by atoms with E-state index in [0.717, 1.165) is 10.8 Å². The molecule has 0 saturated carbocycles. The molecule has 0 bridgehead atoms. The van der Waals surface area contributed by atoms with Crippen molar-refractivity contribution in [2.75, 3.05) is 23.8 Å². The molecule has 2 heterocycles. The Morgan fingerprint density at radius 2 is 1.72 bits per heavy atom. The minimum atomic E-state index is 0.338. The molecule has 94 valence electrons. The van der Waals surface area contributed by atoms with Crippen LogP contribution in [0.1, 0.15) is 5.82 Å². The lowest BCUT2D eigenvalue weighted by molar-refractivity contribution is 0.946. The number of aromatic nitrogens is 4. The molecular weight excluding hydrogens is 250 g/mol. The molecule has 0 aliphatic heterocycles. The molecular formula is C10H13N7S. The van der Waals surface area contributed by atoms with E-state index in [4.69, 9.17) is 11.5 Å². The van der Waals surface area contributed by atoms with Crippen molar-refractivity contribution < 1.29 is 0 Å². The van der Waals surface area contributed by atoms with Crippen LogP contribution in [0.15, 0.2) is 22.3 Å². The highest BCUT2D eigenvalue weighted by Crippen LogP contribution is 2.25. The third kappa shape index (κ3) is 2.98. The molecule has 0 fully saturated rings. The number of nitrogens with two attached hydrogens (primary N) is 2. The van der Waals surface area contributed by atoms with E-state index in [-0.39, 0.29) is 0 Å². The number of aryl methyl sites for hydroxylation is 1. The Morgan fingerprint density at radius 1 is 1.06 bits per heavy atom. The fraction of sp³-hybridized carbons (Fsp3) is 0.200. The van der Waals surface area contributed by atoms with Gasteiger partial charge in [0.2, 0.25) is 0 Å². The van der Waals surface area contributed by atoms with E-state index in [1.807, 2.05) is 6.92 Å². The van der Waals surface area contributed by atoms with Crippen LogP contribution in [-0.2, 0) is 0 Å². The van der Waals surface area contributed by atoms with E-state index in [9.17, 15) is 0 Å². The molecule has 0 unspecified atom stereocenters. The number of rotatable bonds is 3. The maximum atomic E-state index is 5.61. The molecule has 0 atom stereocenters. The highest BCUT2D eigenvalue weighted by Gasteiger charge is 2.07. The zero-order valence-electron chi connectivity index (χ0n) is 10.0. The third-order valence-electron chi connectivity index (χ3n) is 2.01. The Balaban J connectivity index is 2.30. The quantitative estimate of drug-likeness (QED) is 0.553. The summed E-state index contributed by atoms with van der Waals surface area (Å²) in [6.45, 7) is 1.82. The normalized spacial score (nSPS) is 10.3. The summed E-state index contributed by atoms with van der Waals surface area (Å²) in [4.78, 5) is 16.7. The van der Waals surface area contributed by atoms with E-state index in [1.54, 1.807) is 13.1 Å². The number of nitrogens with one attached hydrogen (secondary N) is 1. The zero-order chi connectivity index (χ0) is 13.1. The number of anilines is 3. The Bertz CT molecular complexity index is 552. The van der Waals surface area contributed by atoms with Crippen LogP contribution in [0.4, 0.5) is 17.5 Å². The smallest absolute Gasteiger partial charge is 0.197 e. The summed E-state index contributed by atoms with van der Waals surface area (Å²) in [5.41, 5.74) is 11.2. The van der Waals surface area contributed by atoms with Gasteiger partial charge in [-0.05, 0) is 18.7 Å². The fourth-order valence-corrected chi connectivity index (χ4v) is 2.16. The van der Waals surface area contributed by atoms with Gasteiger partial charge in [-0.2, -0.15) is 0 Å². The van der Waals surface area contributed by atoms with Gasteiger partial charge in [0.1, 0.15) is 28.3 Å². The summed E-state index contributed by atoms with van der Waals surface area (Å²) in [7, 11) is 1.80. The maximum absolute atomic E-state index is 5.61. The van der Waals surface area contributed by atoms with Crippen LogP contribution in [0.2, 0.25) is 0 Å². The molecule has 0 aromatic carbocycles. The van der Waals surface area contributed by atoms with Crippen molar-refractivity contribution in [3.63, 3.8) is 0 Å². The molecule has 0 aliphatic carbocycles. The molecule has 5 N–H and O–H groups in total. The fourth-order valence-electron chi connectivity index (χ4n) is 1.32. The number of hydrogen-bond donors (Lipinski definition) is 3. The second kappa shape index (κ2) is 5.05. The third-order valence-corrected chi connectivity index (χ3v) is 2.80. The predicted molar refractivity (Wildman–Crippen MR) is 71.3 cm³/mol. The maximum Gasteiger partial charge on any atom is 0.197 e. The second-order valence-corrected chi connectivity index (χ2v) is 4.48. The second-order valence-electron chi connectivity index (χ2n) is 3.49. The zero-order valence-corrected chi connectivity index (χ0v) is 10.8. The first-order valence-corrected chi connectivity index (χ1v) is 6.00. The molecule has 2 rings (SSSR count). The Morgan fingerprint density at radius 3 is 2.33 bits per heavy atom. The van der Waals surface area contributed by atoms with Gasteiger partial charge >= 0.3 is 0 Å². The Kier molecular flexibility index (Phi) is 3.47. The van der Waals surface area contributed by atoms with Gasteiger partial charge < -0.3 is 16.8 Å². The molecule has 18 heavy (non-hydrogen) atoms. The predicted octanol–water partition coefficient (Wildman–Crippen LogP) is 0.932. The van der Waals surface area contributed by atoms with Crippen LogP contribution >= 0.6 is 11.8 Å². The van der Waals surface area contributed by atoms with Crippen LogP contribution in [0.3, 0.4) is 0 Å². The highest BCUT2D eigenvalue weighted by atomic mass is 32.2. The van der Waals surface area contributed by atoms with Crippen molar-refractivity contribution in [1.82, 2.24) is 19.9 Å². The minimum Gasteiger partial charge on any atom is -0.383 e. The average Bonchev–Trinajstić information content (AvgIpc) is 2.26. The average molecular weight is 263 g/mol. The van der Waals surface area contributed by atoms with E-state index in [0.29, 0.717) is 22.6 Å². The SMILES string of the molecule is CNc1cc(Sc2nc(N)cc(N)n2)nc(C)n1. The van der Waals surface area contributed by atoms with Crippen LogP contribution in [-0.4, -0.2) is 27.0 Å². The summed E-state index contributed by atoms with van der Waals surface area (Å²) in [5, 5.41) is 4.16. The first-order chi connectivity index (χ1) is 8.56. The van der Waals surface area contributed by atoms with E-state index in [1.165, 1.54) is 17.8 Å². The van der Waals surface area contributed by atoms with E-state index in [2.05, 4.69) is 25.3 Å². The topological polar surface area (TPSA) is 116 Å². The number of nitrogens with zero attached hydrogens (tertiary/aromatic N) is 4. The van der Waals surface area contributed by atoms with Gasteiger partial charge in [-0.25, -0.2) is 19.9 Å². The lowest BCUT2D eigenvalue weighted by Crippen LogP contribution is -2.00. The van der Waals surface area contributed by atoms with Gasteiger partial charge in [0, 0.05) is 19.2 Å². The van der Waals surface area contributed by atoms with Gasteiger partial charge in [-0.1, -0.05) is 0 Å². The number of nitrogen functional groups attached to an aromatic ring is 2. The summed E-state index contributed by atoms with van der Waals surface area (Å²) < 4.78 is 0. The Labute approximate surface area is 108 Å². The van der Waals surface area contributed by atoms with Crippen LogP contribution in [0.5, 0.6) is 0 Å². The molecule has 0 aliphatic rings. The van der Waals surface area contributed by atoms with E-state index < -0.39 is 0 Å². The molecule has 2 aromatic heterocycles. The monoisotopic (exact) mass is 263 g/mol. The van der Waals surface area contributed by atoms with Crippen molar-refractivity contribution in [3.05, 3.63) is 18.0 Å². The summed E-state index contributed by atoms with van der Waals surface area (Å²) in [5.74, 6) is 2.08. The van der Waals surface area contributed by atoms with Gasteiger partial charge in [0.25, 0.3) is 0 Å². The van der Waals surface area contributed by atoms with Crippen LogP contribution in [0.25, 0.3) is 0 Å². The van der Waals surface area contributed by atoms with Crippen molar-refractivity contribution in [3.8, 4) is 0 Å².